The molecular weight excluding hydrogens is 356 g/mol. The molecule has 0 unspecified atom stereocenters. The second-order valence-corrected chi connectivity index (χ2v) is 6.55. The van der Waals surface area contributed by atoms with Crippen molar-refractivity contribution < 1.29 is 14.3 Å². The Morgan fingerprint density at radius 3 is 2.68 bits per heavy atom. The van der Waals surface area contributed by atoms with Crippen LogP contribution in [0.2, 0.25) is 0 Å². The molecule has 6 nitrogen and oxygen atoms in total. The molecule has 4 rings (SSSR count). The first kappa shape index (κ1) is 18.0. The zero-order chi connectivity index (χ0) is 19.7. The highest BCUT2D eigenvalue weighted by atomic mass is 16.5. The maximum Gasteiger partial charge on any atom is 0.339 e. The Hall–Kier alpha value is -3.41. The molecule has 1 aliphatic carbocycles. The molecule has 142 valence electrons. The summed E-state index contributed by atoms with van der Waals surface area (Å²) in [6.45, 7) is 2.03. The molecule has 0 saturated carbocycles. The van der Waals surface area contributed by atoms with Gasteiger partial charge in [-0.3, -0.25) is 9.20 Å². The second-order valence-electron chi connectivity index (χ2n) is 6.55. The molecule has 0 bridgehead atoms. The maximum atomic E-state index is 13.0. The van der Waals surface area contributed by atoms with E-state index < -0.39 is 5.97 Å². The smallest absolute Gasteiger partial charge is 0.339 e. The fourth-order valence-electron chi connectivity index (χ4n) is 3.42. The molecule has 0 spiro atoms. The molecule has 0 radical (unpaired) electrons. The molecule has 0 saturated heterocycles. The molecule has 0 aliphatic heterocycles. The van der Waals surface area contributed by atoms with Crippen LogP contribution in [0.4, 0.5) is 0 Å². The fourth-order valence-corrected chi connectivity index (χ4v) is 3.42. The topological polar surface area (TPSA) is 69.9 Å². The number of aromatic nitrogens is 2. The lowest BCUT2D eigenvalue weighted by Gasteiger charge is -2.07. The van der Waals surface area contributed by atoms with E-state index in [9.17, 15) is 9.59 Å². The zero-order valence-electron chi connectivity index (χ0n) is 15.8. The first-order valence-corrected chi connectivity index (χ1v) is 9.18. The monoisotopic (exact) mass is 376 g/mol. The fraction of sp³-hybridized carbons (Fsp3) is 0.227. The number of nitrogens with zero attached hydrogens (tertiary/aromatic N) is 2. The number of rotatable bonds is 4. The van der Waals surface area contributed by atoms with Crippen LogP contribution in [0.3, 0.4) is 0 Å². The van der Waals surface area contributed by atoms with E-state index in [0.29, 0.717) is 23.2 Å². The number of carbonyl (C=O) groups excluding carboxylic acids is 1. The summed E-state index contributed by atoms with van der Waals surface area (Å²) in [7, 11) is 1.64. The van der Waals surface area contributed by atoms with Gasteiger partial charge in [-0.2, -0.15) is 0 Å². The number of hydrogen-bond acceptors (Lipinski definition) is 5. The predicted molar refractivity (Wildman–Crippen MR) is 107 cm³/mol. The summed E-state index contributed by atoms with van der Waals surface area (Å²) >= 11 is 0. The van der Waals surface area contributed by atoms with E-state index in [1.54, 1.807) is 26.2 Å². The van der Waals surface area contributed by atoms with Crippen LogP contribution in [0, 0.1) is 0 Å². The SMILES string of the molecule is CCOC(=O)c1ccc2nc3c(c(=O)n2c1)CCC3=Cc1ccc(OC)cc1. The third-order valence-corrected chi connectivity index (χ3v) is 4.83. The number of fused-ring (bicyclic) bond motifs is 2. The molecule has 28 heavy (non-hydrogen) atoms. The lowest BCUT2D eigenvalue weighted by Crippen LogP contribution is -2.21. The van der Waals surface area contributed by atoms with Crippen LogP contribution in [0.5, 0.6) is 5.75 Å². The minimum absolute atomic E-state index is 0.135. The van der Waals surface area contributed by atoms with Crippen molar-refractivity contribution in [1.82, 2.24) is 9.38 Å². The van der Waals surface area contributed by atoms with Crippen LogP contribution in [0.15, 0.2) is 47.4 Å². The number of methoxy groups -OCH3 is 1. The summed E-state index contributed by atoms with van der Waals surface area (Å²) in [4.78, 5) is 29.6. The van der Waals surface area contributed by atoms with Gasteiger partial charge in [0.25, 0.3) is 5.56 Å². The van der Waals surface area contributed by atoms with Crippen LogP contribution in [0.25, 0.3) is 17.3 Å². The van der Waals surface area contributed by atoms with E-state index in [1.165, 1.54) is 10.6 Å². The lowest BCUT2D eigenvalue weighted by molar-refractivity contribution is 0.0525. The van der Waals surface area contributed by atoms with Crippen molar-refractivity contribution in [3.05, 3.63) is 75.3 Å². The molecule has 0 N–H and O–H groups in total. The largest absolute Gasteiger partial charge is 0.497 e. The summed E-state index contributed by atoms with van der Waals surface area (Å²) in [6, 6.07) is 11.1. The van der Waals surface area contributed by atoms with Gasteiger partial charge in [-0.1, -0.05) is 12.1 Å². The van der Waals surface area contributed by atoms with Crippen LogP contribution in [0.1, 0.15) is 40.5 Å². The van der Waals surface area contributed by atoms with Crippen molar-refractivity contribution in [3.63, 3.8) is 0 Å². The minimum Gasteiger partial charge on any atom is -0.497 e. The van der Waals surface area contributed by atoms with Gasteiger partial charge in [-0.25, -0.2) is 9.78 Å². The number of allylic oxidation sites excluding steroid dienone is 1. The van der Waals surface area contributed by atoms with Crippen molar-refractivity contribution in [2.45, 2.75) is 19.8 Å². The zero-order valence-corrected chi connectivity index (χ0v) is 15.8. The highest BCUT2D eigenvalue weighted by Crippen LogP contribution is 2.31. The molecule has 0 atom stereocenters. The van der Waals surface area contributed by atoms with E-state index in [4.69, 9.17) is 14.5 Å². The van der Waals surface area contributed by atoms with Gasteiger partial charge in [0.2, 0.25) is 0 Å². The normalized spacial score (nSPS) is 14.3. The van der Waals surface area contributed by atoms with Crippen molar-refractivity contribution in [1.29, 1.82) is 0 Å². The number of hydrogen-bond donors (Lipinski definition) is 0. The maximum absolute atomic E-state index is 13.0. The van der Waals surface area contributed by atoms with Crippen molar-refractivity contribution >= 4 is 23.3 Å². The number of benzene rings is 1. The Morgan fingerprint density at radius 1 is 1.18 bits per heavy atom. The highest BCUT2D eigenvalue weighted by Gasteiger charge is 2.23. The summed E-state index contributed by atoms with van der Waals surface area (Å²) in [6.07, 6.45) is 4.95. The van der Waals surface area contributed by atoms with Gasteiger partial charge in [-0.05, 0) is 61.2 Å². The number of esters is 1. The third-order valence-electron chi connectivity index (χ3n) is 4.83. The minimum atomic E-state index is -0.447. The van der Waals surface area contributed by atoms with Crippen LogP contribution >= 0.6 is 0 Å². The Balaban J connectivity index is 1.77. The van der Waals surface area contributed by atoms with E-state index >= 15 is 0 Å². The van der Waals surface area contributed by atoms with Gasteiger partial charge in [-0.15, -0.1) is 0 Å². The Morgan fingerprint density at radius 2 is 1.96 bits per heavy atom. The van der Waals surface area contributed by atoms with Gasteiger partial charge in [0.05, 0.1) is 25.0 Å². The standard InChI is InChI=1S/C22H20N2O4/c1-3-28-22(26)16-7-11-19-23-20-15(6-10-18(20)21(25)24(19)13-16)12-14-4-8-17(27-2)9-5-14/h4-5,7-9,11-13H,3,6,10H2,1-2H3. The van der Waals surface area contributed by atoms with Crippen molar-refractivity contribution in [2.24, 2.45) is 0 Å². The highest BCUT2D eigenvalue weighted by molar-refractivity contribution is 5.89. The van der Waals surface area contributed by atoms with E-state index in [1.807, 2.05) is 24.3 Å². The Bertz CT molecular complexity index is 1140. The first-order chi connectivity index (χ1) is 13.6. The predicted octanol–water partition coefficient (Wildman–Crippen LogP) is 3.37. The number of pyridine rings is 1. The first-order valence-electron chi connectivity index (χ1n) is 9.18. The van der Waals surface area contributed by atoms with Crippen LogP contribution < -0.4 is 10.3 Å². The van der Waals surface area contributed by atoms with Gasteiger partial charge < -0.3 is 9.47 Å². The summed E-state index contributed by atoms with van der Waals surface area (Å²) in [5, 5.41) is 0. The molecule has 2 aromatic heterocycles. The van der Waals surface area contributed by atoms with E-state index in [-0.39, 0.29) is 12.2 Å². The van der Waals surface area contributed by atoms with Crippen molar-refractivity contribution in [2.75, 3.05) is 13.7 Å². The number of ether oxygens (including phenoxy) is 2. The van der Waals surface area contributed by atoms with Gasteiger partial charge in [0, 0.05) is 11.8 Å². The number of carbonyl (C=O) groups is 1. The molecule has 6 heteroatoms. The molecule has 0 amide bonds. The molecule has 0 fully saturated rings. The van der Waals surface area contributed by atoms with Gasteiger partial charge in [0.1, 0.15) is 11.4 Å². The van der Waals surface area contributed by atoms with Crippen LogP contribution in [-0.4, -0.2) is 29.1 Å². The van der Waals surface area contributed by atoms with E-state index in [2.05, 4.69) is 6.08 Å². The van der Waals surface area contributed by atoms with Gasteiger partial charge >= 0.3 is 5.97 Å². The second kappa shape index (κ2) is 7.31. The van der Waals surface area contributed by atoms with Crippen molar-refractivity contribution in [3.8, 4) is 5.75 Å². The Kier molecular flexibility index (Phi) is 4.69. The summed E-state index contributed by atoms with van der Waals surface area (Å²) < 4.78 is 11.6. The quantitative estimate of drug-likeness (QED) is 0.653. The van der Waals surface area contributed by atoms with E-state index in [0.717, 1.165) is 29.0 Å². The summed E-state index contributed by atoms with van der Waals surface area (Å²) in [5.41, 5.74) is 4.20. The third kappa shape index (κ3) is 3.17. The Labute approximate surface area is 162 Å². The molecule has 1 aliphatic rings. The summed E-state index contributed by atoms with van der Waals surface area (Å²) in [5.74, 6) is 0.352. The average molecular weight is 376 g/mol. The molecule has 3 aromatic rings. The average Bonchev–Trinajstić information content (AvgIpc) is 3.11. The van der Waals surface area contributed by atoms with Gasteiger partial charge in [0.15, 0.2) is 0 Å². The molecule has 1 aromatic carbocycles. The lowest BCUT2D eigenvalue weighted by atomic mass is 10.1. The van der Waals surface area contributed by atoms with Crippen LogP contribution in [-0.2, 0) is 11.2 Å². The molecular formula is C22H20N2O4. The molecule has 2 heterocycles.